The number of benzene rings is 2. The summed E-state index contributed by atoms with van der Waals surface area (Å²) in [7, 11) is 6.83. The van der Waals surface area contributed by atoms with Crippen molar-refractivity contribution in [3.05, 3.63) is 82.9 Å². The summed E-state index contributed by atoms with van der Waals surface area (Å²) in [5.74, 6) is 0. The van der Waals surface area contributed by atoms with E-state index in [9.17, 15) is 0 Å². The molecule has 0 nitrogen and oxygen atoms in total. The molecule has 0 amide bonds. The third-order valence-corrected chi connectivity index (χ3v) is 5.53. The van der Waals surface area contributed by atoms with Gasteiger partial charge in [0.25, 0.3) is 0 Å². The second kappa shape index (κ2) is 9.28. The first-order valence-corrected chi connectivity index (χ1v) is 9.94. The summed E-state index contributed by atoms with van der Waals surface area (Å²) in [4.78, 5) is 0. The van der Waals surface area contributed by atoms with Gasteiger partial charge in [0.2, 0.25) is 0 Å². The van der Waals surface area contributed by atoms with Gasteiger partial charge in [-0.1, -0.05) is 60.7 Å². The van der Waals surface area contributed by atoms with Crippen molar-refractivity contribution < 1.29 is 17.0 Å². The van der Waals surface area contributed by atoms with Crippen LogP contribution in [0.2, 0.25) is 0 Å². The Labute approximate surface area is 134 Å². The molecule has 0 atom stereocenters. The fourth-order valence-corrected chi connectivity index (χ4v) is 3.62. The molecule has 0 unspecified atom stereocenters. The van der Waals surface area contributed by atoms with Crippen molar-refractivity contribution in [3.63, 3.8) is 0 Å². The van der Waals surface area contributed by atoms with Crippen LogP contribution < -0.4 is 10.6 Å². The van der Waals surface area contributed by atoms with Gasteiger partial charge in [0.1, 0.15) is 0 Å². The van der Waals surface area contributed by atoms with Crippen LogP contribution in [0.15, 0.2) is 82.9 Å². The first kappa shape index (κ1) is 15.7. The summed E-state index contributed by atoms with van der Waals surface area (Å²) in [5.41, 5.74) is 0. The molecule has 3 heteroatoms. The van der Waals surface area contributed by atoms with Crippen molar-refractivity contribution in [1.82, 2.24) is 0 Å². The molecule has 0 heterocycles. The van der Waals surface area contributed by atoms with Gasteiger partial charge in [-0.15, -0.1) is 0 Å². The average molecular weight is 392 g/mol. The van der Waals surface area contributed by atoms with Crippen molar-refractivity contribution in [2.24, 2.45) is 0 Å². The third-order valence-electron chi connectivity index (χ3n) is 2.55. The molecule has 0 aromatic heterocycles. The molecule has 0 saturated heterocycles. The Morgan fingerprint density at radius 2 is 1.40 bits per heavy atom. The number of hydrogen-bond acceptors (Lipinski definition) is 0. The molecule has 20 heavy (non-hydrogen) atoms. The quantitative estimate of drug-likeness (QED) is 0.527. The monoisotopic (exact) mass is 391 g/mol. The van der Waals surface area contributed by atoms with Gasteiger partial charge in [-0.3, -0.25) is 0 Å². The molecule has 105 valence electrons. The molecule has 0 saturated carbocycles. The van der Waals surface area contributed by atoms with Crippen molar-refractivity contribution in [3.8, 4) is 0 Å². The fraction of sp³-hybridized carbons (Fsp3) is 0.0588. The van der Waals surface area contributed by atoms with E-state index in [-0.39, 0.29) is 0 Å². The van der Waals surface area contributed by atoms with Crippen LogP contribution in [0.1, 0.15) is 6.42 Å². The Balaban J connectivity index is 0.000000178. The molecule has 1 aliphatic rings. The molecular weight excluding hydrogens is 377 g/mol. The van der Waals surface area contributed by atoms with Gasteiger partial charge in [-0.2, -0.15) is 0 Å². The Morgan fingerprint density at radius 1 is 0.850 bits per heavy atom. The standard InChI is InChI=1S/C12H10P.C5H5.ClH.Pd/c1-3-7-11(8-4-1)13-12-9-5-2-6-10-12;1-2-4-5-3-1;;/h1-10H;1-3H,4H2;1H;/q;;;+1/p-1. The van der Waals surface area contributed by atoms with Crippen LogP contribution in [-0.2, 0) is 17.0 Å². The summed E-state index contributed by atoms with van der Waals surface area (Å²) in [6.45, 7) is 0. The molecule has 3 rings (SSSR count). The predicted molar refractivity (Wildman–Crippen MR) is 86.8 cm³/mol. The minimum Gasteiger partial charge on any atom is -0.0622 e. The molecule has 1 aliphatic carbocycles. The minimum atomic E-state index is 0.318. The van der Waals surface area contributed by atoms with E-state index in [1.807, 2.05) is 12.1 Å². The van der Waals surface area contributed by atoms with Gasteiger partial charge in [0.05, 0.1) is 0 Å². The van der Waals surface area contributed by atoms with Crippen LogP contribution in [0.3, 0.4) is 0 Å². The van der Waals surface area contributed by atoms with Crippen LogP contribution in [0.4, 0.5) is 0 Å². The van der Waals surface area contributed by atoms with E-state index in [2.05, 4.69) is 66.8 Å². The molecule has 0 bridgehead atoms. The van der Waals surface area contributed by atoms with Gasteiger partial charge in [-0.05, 0) is 19.2 Å². The number of hydrogen-bond donors (Lipinski definition) is 0. The molecule has 1 radical (unpaired) electrons. The number of rotatable bonds is 3. The third kappa shape index (κ3) is 5.74. The molecule has 0 spiro atoms. The van der Waals surface area contributed by atoms with E-state index < -0.39 is 0 Å². The number of allylic oxidation sites excluding steroid dienone is 4. The van der Waals surface area contributed by atoms with E-state index in [1.54, 1.807) is 0 Å². The maximum Gasteiger partial charge on any atom is -0.0100 e. The second-order valence-electron chi connectivity index (χ2n) is 4.05. The van der Waals surface area contributed by atoms with Gasteiger partial charge < -0.3 is 0 Å². The van der Waals surface area contributed by atoms with Gasteiger partial charge >= 0.3 is 55.2 Å². The van der Waals surface area contributed by atoms with Gasteiger partial charge in [0, 0.05) is 0 Å². The smallest absolute Gasteiger partial charge is 0.0100 e. The van der Waals surface area contributed by atoms with Crippen LogP contribution >= 0.6 is 18.1 Å². The first-order valence-electron chi connectivity index (χ1n) is 6.26. The molecule has 0 N–H and O–H groups in total. The van der Waals surface area contributed by atoms with Crippen molar-refractivity contribution in [2.75, 3.05) is 0 Å². The largest absolute Gasteiger partial charge is 0.0622 e. The Morgan fingerprint density at radius 3 is 1.75 bits per heavy atom. The van der Waals surface area contributed by atoms with E-state index in [0.29, 0.717) is 17.0 Å². The molecule has 0 fully saturated rings. The maximum atomic E-state index is 5.55. The zero-order valence-electron chi connectivity index (χ0n) is 10.9. The minimum absolute atomic E-state index is 0.318. The molecule has 2 aromatic rings. The van der Waals surface area contributed by atoms with E-state index in [4.69, 9.17) is 9.53 Å². The first-order chi connectivity index (χ1) is 9.88. The summed E-state index contributed by atoms with van der Waals surface area (Å²) in [5, 5.41) is 2.68. The molecular formula is C17H15ClPPd. The zero-order valence-corrected chi connectivity index (χ0v) is 14.1. The van der Waals surface area contributed by atoms with Crippen molar-refractivity contribution in [1.29, 1.82) is 0 Å². The summed E-state index contributed by atoms with van der Waals surface area (Å²) in [6.07, 6.45) is 7.34. The van der Waals surface area contributed by atoms with E-state index >= 15 is 0 Å². The van der Waals surface area contributed by atoms with Crippen LogP contribution in [0.5, 0.6) is 0 Å². The van der Waals surface area contributed by atoms with Crippen LogP contribution in [-0.4, -0.2) is 0 Å². The topological polar surface area (TPSA) is 0 Å². The average Bonchev–Trinajstić information content (AvgIpc) is 3.03. The van der Waals surface area contributed by atoms with Gasteiger partial charge in [0.15, 0.2) is 0 Å². The number of halogens is 1. The zero-order chi connectivity index (χ0) is 14.0. The van der Waals surface area contributed by atoms with Crippen molar-refractivity contribution >= 4 is 28.7 Å². The van der Waals surface area contributed by atoms with E-state index in [1.165, 1.54) is 23.2 Å². The molecule has 0 aliphatic heterocycles. The fourth-order valence-electron chi connectivity index (χ4n) is 1.61. The Hall–Kier alpha value is -0.698. The Kier molecular flexibility index (Phi) is 7.28. The van der Waals surface area contributed by atoms with E-state index in [0.717, 1.165) is 6.42 Å². The summed E-state index contributed by atoms with van der Waals surface area (Å²) < 4.78 is 1.37. The summed E-state index contributed by atoms with van der Waals surface area (Å²) >= 11 is 0.318. The summed E-state index contributed by atoms with van der Waals surface area (Å²) in [6, 6.07) is 21.0. The van der Waals surface area contributed by atoms with Crippen LogP contribution in [0.25, 0.3) is 0 Å². The van der Waals surface area contributed by atoms with Gasteiger partial charge in [-0.25, -0.2) is 0 Å². The van der Waals surface area contributed by atoms with Crippen LogP contribution in [0, 0.1) is 0 Å². The maximum absolute atomic E-state index is 5.55. The normalized spacial score (nSPS) is 12.8. The predicted octanol–water partition coefficient (Wildman–Crippen LogP) is 4.65. The van der Waals surface area contributed by atoms with Crippen molar-refractivity contribution in [2.45, 2.75) is 6.42 Å². The Bertz CT molecular complexity index is 527. The molecule has 2 aromatic carbocycles. The second-order valence-corrected chi connectivity index (χ2v) is 7.30. The SMILES string of the molecule is [Cl][Pd][C]1=CC=CC1.c1ccc([P]c2ccccc2)cc1.